The average molecular weight is 328 g/mol. The lowest BCUT2D eigenvalue weighted by Gasteiger charge is -2.34. The van der Waals surface area contributed by atoms with E-state index in [1.807, 2.05) is 19.9 Å². The van der Waals surface area contributed by atoms with Crippen LogP contribution in [0.25, 0.3) is 0 Å². The minimum atomic E-state index is -1.30. The van der Waals surface area contributed by atoms with Crippen LogP contribution in [-0.4, -0.2) is 44.7 Å². The second kappa shape index (κ2) is 9.67. The summed E-state index contributed by atoms with van der Waals surface area (Å²) >= 11 is 0. The monoisotopic (exact) mass is 328 g/mol. The Morgan fingerprint density at radius 3 is 1.96 bits per heavy atom. The molecule has 1 aliphatic carbocycles. The van der Waals surface area contributed by atoms with Gasteiger partial charge < -0.3 is 18.9 Å². The van der Waals surface area contributed by atoms with Crippen molar-refractivity contribution in [2.24, 2.45) is 5.41 Å². The van der Waals surface area contributed by atoms with Crippen LogP contribution in [0.5, 0.6) is 0 Å². The molecule has 0 spiro atoms. The Balaban J connectivity index is 3.06. The van der Waals surface area contributed by atoms with Crippen molar-refractivity contribution in [1.82, 2.24) is 0 Å². The van der Waals surface area contributed by atoms with Gasteiger partial charge in [-0.25, -0.2) is 0 Å². The first-order valence-corrected chi connectivity index (χ1v) is 8.32. The highest BCUT2D eigenvalue weighted by Gasteiger charge is 2.51. The lowest BCUT2D eigenvalue weighted by Crippen LogP contribution is -2.45. The molecular weight excluding hydrogens is 300 g/mol. The second-order valence-corrected chi connectivity index (χ2v) is 5.26. The van der Waals surface area contributed by atoms with Crippen molar-refractivity contribution in [1.29, 1.82) is 0 Å². The predicted octanol–water partition coefficient (Wildman–Crippen LogP) is 2.61. The Labute approximate surface area is 138 Å². The third-order valence-electron chi connectivity index (χ3n) is 3.75. The van der Waals surface area contributed by atoms with E-state index in [0.717, 1.165) is 5.57 Å². The molecule has 0 aromatic heterocycles. The third kappa shape index (κ3) is 4.78. The van der Waals surface area contributed by atoms with Gasteiger partial charge in [-0.3, -0.25) is 9.59 Å². The molecule has 0 amide bonds. The highest BCUT2D eigenvalue weighted by molar-refractivity contribution is 6.00. The number of carbonyl (C=O) groups excluding carboxylic acids is 2. The molecule has 0 unspecified atom stereocenters. The van der Waals surface area contributed by atoms with Crippen LogP contribution in [0.15, 0.2) is 11.6 Å². The fourth-order valence-electron chi connectivity index (χ4n) is 2.73. The number of ether oxygens (including phenoxy) is 4. The van der Waals surface area contributed by atoms with E-state index in [1.165, 1.54) is 0 Å². The molecule has 23 heavy (non-hydrogen) atoms. The number of allylic oxidation sites excluding steroid dienone is 1. The van der Waals surface area contributed by atoms with Gasteiger partial charge in [0.25, 0.3) is 0 Å². The van der Waals surface area contributed by atoms with E-state index in [-0.39, 0.29) is 19.6 Å². The molecule has 6 heteroatoms. The molecule has 0 N–H and O–H groups in total. The normalized spacial score (nSPS) is 16.8. The van der Waals surface area contributed by atoms with Gasteiger partial charge in [-0.2, -0.15) is 0 Å². The van der Waals surface area contributed by atoms with E-state index >= 15 is 0 Å². The lowest BCUT2D eigenvalue weighted by molar-refractivity contribution is -0.174. The standard InChI is InChI=1S/C17H28O6/c1-5-20-14(21-6-2)13-10-9-11-17(12-13,15(18)22-7-3)16(19)23-8-4/h10,14H,5-9,11-12H2,1-4H3. The minimum Gasteiger partial charge on any atom is -0.465 e. The lowest BCUT2D eigenvalue weighted by atomic mass is 9.73. The number of hydrogen-bond acceptors (Lipinski definition) is 6. The fourth-order valence-corrected chi connectivity index (χ4v) is 2.73. The van der Waals surface area contributed by atoms with Crippen molar-refractivity contribution in [2.75, 3.05) is 26.4 Å². The maximum Gasteiger partial charge on any atom is 0.323 e. The molecular formula is C17H28O6. The number of esters is 2. The van der Waals surface area contributed by atoms with Crippen molar-refractivity contribution >= 4 is 11.9 Å². The summed E-state index contributed by atoms with van der Waals surface area (Å²) in [4.78, 5) is 25.0. The molecule has 0 aliphatic heterocycles. The molecule has 0 radical (unpaired) electrons. The summed E-state index contributed by atoms with van der Waals surface area (Å²) in [6, 6.07) is 0. The zero-order chi connectivity index (χ0) is 17.3. The Hall–Kier alpha value is -1.40. The first-order valence-electron chi connectivity index (χ1n) is 8.32. The van der Waals surface area contributed by atoms with Gasteiger partial charge in [0, 0.05) is 19.6 Å². The van der Waals surface area contributed by atoms with Gasteiger partial charge in [0.05, 0.1) is 13.2 Å². The molecule has 0 fully saturated rings. The first-order chi connectivity index (χ1) is 11.1. The Morgan fingerprint density at radius 1 is 1.00 bits per heavy atom. The van der Waals surface area contributed by atoms with Gasteiger partial charge in [-0.15, -0.1) is 0 Å². The summed E-state index contributed by atoms with van der Waals surface area (Å²) in [7, 11) is 0. The topological polar surface area (TPSA) is 71.1 Å². The molecule has 0 atom stereocenters. The molecule has 0 aromatic carbocycles. The van der Waals surface area contributed by atoms with Crippen LogP contribution >= 0.6 is 0 Å². The zero-order valence-corrected chi connectivity index (χ0v) is 14.6. The van der Waals surface area contributed by atoms with Crippen molar-refractivity contribution in [3.8, 4) is 0 Å². The maximum absolute atomic E-state index is 12.5. The maximum atomic E-state index is 12.5. The molecule has 0 bridgehead atoms. The summed E-state index contributed by atoms with van der Waals surface area (Å²) in [5, 5.41) is 0. The van der Waals surface area contributed by atoms with Crippen LogP contribution in [0.2, 0.25) is 0 Å². The Bertz CT molecular complexity index is 405. The molecule has 0 saturated heterocycles. The zero-order valence-electron chi connectivity index (χ0n) is 14.6. The molecule has 0 saturated carbocycles. The van der Waals surface area contributed by atoms with E-state index in [4.69, 9.17) is 18.9 Å². The van der Waals surface area contributed by atoms with Crippen molar-refractivity contribution in [2.45, 2.75) is 53.2 Å². The molecule has 0 aromatic rings. The highest BCUT2D eigenvalue weighted by atomic mass is 16.7. The second-order valence-electron chi connectivity index (χ2n) is 5.26. The summed E-state index contributed by atoms with van der Waals surface area (Å²) in [6.45, 7) is 8.60. The summed E-state index contributed by atoms with van der Waals surface area (Å²) in [6.07, 6.45) is 2.58. The van der Waals surface area contributed by atoms with Crippen molar-refractivity contribution in [3.63, 3.8) is 0 Å². The van der Waals surface area contributed by atoms with Crippen LogP contribution in [-0.2, 0) is 28.5 Å². The van der Waals surface area contributed by atoms with Crippen LogP contribution in [0, 0.1) is 5.41 Å². The van der Waals surface area contributed by atoms with Gasteiger partial charge in [0.2, 0.25) is 0 Å². The minimum absolute atomic E-state index is 0.204. The van der Waals surface area contributed by atoms with E-state index in [9.17, 15) is 9.59 Å². The number of rotatable bonds is 9. The summed E-state index contributed by atoms with van der Waals surface area (Å²) in [5.74, 6) is -1.06. The van der Waals surface area contributed by atoms with E-state index in [0.29, 0.717) is 26.1 Å². The fraction of sp³-hybridized carbons (Fsp3) is 0.765. The third-order valence-corrected chi connectivity index (χ3v) is 3.75. The van der Waals surface area contributed by atoms with Crippen LogP contribution in [0.1, 0.15) is 47.0 Å². The predicted molar refractivity (Wildman–Crippen MR) is 84.7 cm³/mol. The number of carbonyl (C=O) groups is 2. The molecule has 0 heterocycles. The van der Waals surface area contributed by atoms with Gasteiger partial charge in [-0.1, -0.05) is 6.08 Å². The number of hydrogen-bond donors (Lipinski definition) is 0. The largest absolute Gasteiger partial charge is 0.465 e. The average Bonchev–Trinajstić information content (AvgIpc) is 2.55. The first kappa shape index (κ1) is 19.6. The van der Waals surface area contributed by atoms with Crippen LogP contribution < -0.4 is 0 Å². The summed E-state index contributed by atoms with van der Waals surface area (Å²) in [5.41, 5.74) is -0.510. The smallest absolute Gasteiger partial charge is 0.323 e. The van der Waals surface area contributed by atoms with E-state index in [1.54, 1.807) is 13.8 Å². The van der Waals surface area contributed by atoms with Crippen molar-refractivity contribution in [3.05, 3.63) is 11.6 Å². The van der Waals surface area contributed by atoms with Gasteiger partial charge in [0.1, 0.15) is 0 Å². The van der Waals surface area contributed by atoms with E-state index < -0.39 is 23.6 Å². The quantitative estimate of drug-likeness (QED) is 0.280. The molecule has 1 aliphatic rings. The molecule has 132 valence electrons. The molecule has 1 rings (SSSR count). The SMILES string of the molecule is CCOC(=O)C1(C(=O)OCC)CCC=C(C(OCC)OCC)C1. The van der Waals surface area contributed by atoms with Crippen LogP contribution in [0.3, 0.4) is 0 Å². The van der Waals surface area contributed by atoms with Gasteiger partial charge in [-0.05, 0) is 46.1 Å². The van der Waals surface area contributed by atoms with E-state index in [2.05, 4.69) is 0 Å². The van der Waals surface area contributed by atoms with Gasteiger partial charge in [0.15, 0.2) is 11.7 Å². The van der Waals surface area contributed by atoms with Crippen LogP contribution in [0.4, 0.5) is 0 Å². The highest BCUT2D eigenvalue weighted by Crippen LogP contribution is 2.40. The van der Waals surface area contributed by atoms with Gasteiger partial charge >= 0.3 is 11.9 Å². The Kier molecular flexibility index (Phi) is 8.26. The molecule has 6 nitrogen and oxygen atoms in total. The Morgan fingerprint density at radius 2 is 1.52 bits per heavy atom. The van der Waals surface area contributed by atoms with Crippen molar-refractivity contribution < 1.29 is 28.5 Å². The summed E-state index contributed by atoms with van der Waals surface area (Å²) < 4.78 is 21.5.